The minimum atomic E-state index is -0.0488. The number of rotatable bonds is 4. The van der Waals surface area contributed by atoms with Crippen molar-refractivity contribution in [2.45, 2.75) is 6.42 Å². The molecule has 0 bridgehead atoms. The van der Waals surface area contributed by atoms with E-state index in [9.17, 15) is 4.79 Å². The van der Waals surface area contributed by atoms with Crippen molar-refractivity contribution in [3.63, 3.8) is 0 Å². The van der Waals surface area contributed by atoms with Crippen LogP contribution in [0.2, 0.25) is 0 Å². The second-order valence-electron chi connectivity index (χ2n) is 5.54. The molecule has 0 unspecified atom stereocenters. The van der Waals surface area contributed by atoms with Crippen molar-refractivity contribution < 1.29 is 9.53 Å². The van der Waals surface area contributed by atoms with Gasteiger partial charge in [0.2, 0.25) is 0 Å². The summed E-state index contributed by atoms with van der Waals surface area (Å²) < 4.78 is 5.77. The van der Waals surface area contributed by atoms with Crippen molar-refractivity contribution in [2.24, 2.45) is 0 Å². The van der Waals surface area contributed by atoms with Crippen molar-refractivity contribution in [3.8, 4) is 17.1 Å². The number of amides is 1. The zero-order valence-corrected chi connectivity index (χ0v) is 13.0. The number of H-pyrrole nitrogens is 1. The molecular formula is C18H16N4O2. The number of benzene rings is 2. The highest BCUT2D eigenvalue weighted by molar-refractivity contribution is 5.96. The van der Waals surface area contributed by atoms with Crippen molar-refractivity contribution in [2.75, 3.05) is 18.1 Å². The Bertz CT molecular complexity index is 861. The summed E-state index contributed by atoms with van der Waals surface area (Å²) in [6.45, 7) is 0.685. The first-order valence-corrected chi connectivity index (χ1v) is 7.79. The van der Waals surface area contributed by atoms with Gasteiger partial charge in [-0.3, -0.25) is 9.89 Å². The predicted molar refractivity (Wildman–Crippen MR) is 89.8 cm³/mol. The fourth-order valence-corrected chi connectivity index (χ4v) is 2.94. The van der Waals surface area contributed by atoms with Gasteiger partial charge in [0, 0.05) is 12.2 Å². The van der Waals surface area contributed by atoms with E-state index in [0.29, 0.717) is 18.1 Å². The molecule has 0 atom stereocenters. The molecule has 0 radical (unpaired) electrons. The van der Waals surface area contributed by atoms with Crippen molar-refractivity contribution in [1.82, 2.24) is 15.2 Å². The van der Waals surface area contributed by atoms with E-state index >= 15 is 0 Å². The van der Waals surface area contributed by atoms with Crippen LogP contribution >= 0.6 is 0 Å². The number of anilines is 1. The Morgan fingerprint density at radius 2 is 2.00 bits per heavy atom. The van der Waals surface area contributed by atoms with Crippen LogP contribution < -0.4 is 9.64 Å². The summed E-state index contributed by atoms with van der Waals surface area (Å²) in [5, 5.41) is 6.67. The highest BCUT2D eigenvalue weighted by Gasteiger charge is 2.24. The average molecular weight is 320 g/mol. The van der Waals surface area contributed by atoms with Crippen LogP contribution in [0.1, 0.15) is 5.56 Å². The summed E-state index contributed by atoms with van der Waals surface area (Å²) in [5.74, 6) is 1.17. The maximum atomic E-state index is 12.5. The summed E-state index contributed by atoms with van der Waals surface area (Å²) in [6.07, 6.45) is 2.33. The zero-order valence-electron chi connectivity index (χ0n) is 13.0. The van der Waals surface area contributed by atoms with E-state index in [1.807, 2.05) is 42.5 Å². The molecule has 24 heavy (non-hydrogen) atoms. The summed E-state index contributed by atoms with van der Waals surface area (Å²) in [6, 6.07) is 15.4. The smallest absolute Gasteiger partial charge is 0.264 e. The molecule has 4 rings (SSSR count). The first-order valence-electron chi connectivity index (χ1n) is 7.79. The third-order valence-electron chi connectivity index (χ3n) is 4.10. The van der Waals surface area contributed by atoms with E-state index in [0.717, 1.165) is 17.7 Å². The van der Waals surface area contributed by atoms with Gasteiger partial charge in [-0.05, 0) is 30.2 Å². The van der Waals surface area contributed by atoms with E-state index in [1.54, 1.807) is 4.90 Å². The minimum absolute atomic E-state index is 0.0144. The Morgan fingerprint density at radius 3 is 2.88 bits per heavy atom. The number of hydrogen-bond donors (Lipinski definition) is 1. The molecule has 1 aromatic heterocycles. The van der Waals surface area contributed by atoms with Gasteiger partial charge in [0.15, 0.2) is 12.4 Å². The van der Waals surface area contributed by atoms with Gasteiger partial charge in [-0.1, -0.05) is 30.3 Å². The number of ether oxygens (including phenoxy) is 1. The van der Waals surface area contributed by atoms with Gasteiger partial charge in [0.05, 0.1) is 5.56 Å². The van der Waals surface area contributed by atoms with Crippen LogP contribution in [-0.4, -0.2) is 34.2 Å². The standard InChI is InChI=1S/C18H16N4O2/c23-17(22-10-9-13-5-1-3-7-15(13)22)11-24-16-8-4-2-6-14(16)18-19-12-20-21-18/h1-8,12H,9-11H2,(H,19,20,21). The van der Waals surface area contributed by atoms with Crippen molar-refractivity contribution >= 4 is 11.6 Å². The van der Waals surface area contributed by atoms with E-state index in [4.69, 9.17) is 4.74 Å². The first-order chi connectivity index (χ1) is 11.8. The lowest BCUT2D eigenvalue weighted by atomic mass is 10.2. The van der Waals surface area contributed by atoms with Crippen molar-refractivity contribution in [1.29, 1.82) is 0 Å². The lowest BCUT2D eigenvalue weighted by Gasteiger charge is -2.18. The average Bonchev–Trinajstić information content (AvgIpc) is 3.29. The minimum Gasteiger partial charge on any atom is -0.483 e. The van der Waals surface area contributed by atoms with E-state index in [1.165, 1.54) is 11.9 Å². The summed E-state index contributed by atoms with van der Waals surface area (Å²) in [7, 11) is 0. The number of fused-ring (bicyclic) bond motifs is 1. The molecule has 2 aromatic carbocycles. The molecule has 1 N–H and O–H groups in total. The van der Waals surface area contributed by atoms with Gasteiger partial charge in [-0.25, -0.2) is 4.98 Å². The van der Waals surface area contributed by atoms with Gasteiger partial charge in [0.25, 0.3) is 5.91 Å². The fourth-order valence-electron chi connectivity index (χ4n) is 2.94. The maximum Gasteiger partial charge on any atom is 0.264 e. The number of aromatic amines is 1. The molecule has 0 aliphatic carbocycles. The van der Waals surface area contributed by atoms with Gasteiger partial charge >= 0.3 is 0 Å². The van der Waals surface area contributed by atoms with Gasteiger partial charge < -0.3 is 9.64 Å². The fraction of sp³-hybridized carbons (Fsp3) is 0.167. The summed E-state index contributed by atoms with van der Waals surface area (Å²) >= 11 is 0. The molecule has 3 aromatic rings. The Labute approximate surface area is 139 Å². The number of carbonyl (C=O) groups excluding carboxylic acids is 1. The van der Waals surface area contributed by atoms with Gasteiger partial charge in [-0.15, -0.1) is 0 Å². The topological polar surface area (TPSA) is 71.1 Å². The highest BCUT2D eigenvalue weighted by Crippen LogP contribution is 2.29. The Hall–Kier alpha value is -3.15. The van der Waals surface area contributed by atoms with Gasteiger partial charge in [0.1, 0.15) is 12.1 Å². The zero-order chi connectivity index (χ0) is 16.4. The number of nitrogens with one attached hydrogen (secondary N) is 1. The number of nitrogens with zero attached hydrogens (tertiary/aromatic N) is 3. The molecule has 0 spiro atoms. The quantitative estimate of drug-likeness (QED) is 0.801. The second kappa shape index (κ2) is 6.16. The molecule has 1 aliphatic heterocycles. The molecule has 1 amide bonds. The monoisotopic (exact) mass is 320 g/mol. The molecule has 120 valence electrons. The maximum absolute atomic E-state index is 12.5. The molecule has 6 nitrogen and oxygen atoms in total. The van der Waals surface area contributed by atoms with Crippen LogP contribution in [0, 0.1) is 0 Å². The molecule has 2 heterocycles. The van der Waals surface area contributed by atoms with Crippen LogP contribution in [0.15, 0.2) is 54.9 Å². The number of aromatic nitrogens is 3. The third kappa shape index (κ3) is 2.62. The number of carbonyl (C=O) groups is 1. The van der Waals surface area contributed by atoms with Crippen LogP contribution in [0.3, 0.4) is 0 Å². The van der Waals surface area contributed by atoms with Crippen LogP contribution in [0.4, 0.5) is 5.69 Å². The summed E-state index contributed by atoms with van der Waals surface area (Å²) in [5.41, 5.74) is 2.96. The van der Waals surface area contributed by atoms with Crippen LogP contribution in [-0.2, 0) is 11.2 Å². The third-order valence-corrected chi connectivity index (χ3v) is 4.10. The molecule has 0 fully saturated rings. The Kier molecular flexibility index (Phi) is 3.70. The van der Waals surface area contributed by atoms with Gasteiger partial charge in [-0.2, -0.15) is 5.10 Å². The highest BCUT2D eigenvalue weighted by atomic mass is 16.5. The lowest BCUT2D eigenvalue weighted by Crippen LogP contribution is -2.33. The molecule has 1 aliphatic rings. The number of para-hydroxylation sites is 2. The van der Waals surface area contributed by atoms with Crippen LogP contribution in [0.25, 0.3) is 11.4 Å². The molecule has 0 saturated heterocycles. The lowest BCUT2D eigenvalue weighted by molar-refractivity contribution is -0.120. The van der Waals surface area contributed by atoms with E-state index in [2.05, 4.69) is 21.2 Å². The predicted octanol–water partition coefficient (Wildman–Crippen LogP) is 2.44. The van der Waals surface area contributed by atoms with Crippen molar-refractivity contribution in [3.05, 3.63) is 60.4 Å². The summed E-state index contributed by atoms with van der Waals surface area (Å²) in [4.78, 5) is 18.5. The van der Waals surface area contributed by atoms with Crippen LogP contribution in [0.5, 0.6) is 5.75 Å². The molecular weight excluding hydrogens is 304 g/mol. The SMILES string of the molecule is O=C(COc1ccccc1-c1ncn[nH]1)N1CCc2ccccc21. The van der Waals surface area contributed by atoms with E-state index < -0.39 is 0 Å². The molecule has 0 saturated carbocycles. The Morgan fingerprint density at radius 1 is 1.17 bits per heavy atom. The second-order valence-corrected chi connectivity index (χ2v) is 5.54. The number of hydrogen-bond acceptors (Lipinski definition) is 4. The Balaban J connectivity index is 1.50. The largest absolute Gasteiger partial charge is 0.483 e. The molecule has 6 heteroatoms. The first kappa shape index (κ1) is 14.4. The normalized spacial score (nSPS) is 12.9. The van der Waals surface area contributed by atoms with E-state index in [-0.39, 0.29) is 12.5 Å².